The number of benzene rings is 1. The summed E-state index contributed by atoms with van der Waals surface area (Å²) in [6.45, 7) is 12.2. The predicted octanol–water partition coefficient (Wildman–Crippen LogP) is 3.78. The Morgan fingerprint density at radius 2 is 1.64 bits per heavy atom. The summed E-state index contributed by atoms with van der Waals surface area (Å²) >= 11 is 0. The van der Waals surface area contributed by atoms with Gasteiger partial charge in [0.2, 0.25) is 0 Å². The van der Waals surface area contributed by atoms with E-state index in [1.807, 2.05) is 24.3 Å². The maximum Gasteiger partial charge on any atom is 0.119 e. The van der Waals surface area contributed by atoms with Gasteiger partial charge in [-0.3, -0.25) is 4.90 Å². The largest absolute Gasteiger partial charge is 0.491 e. The molecule has 0 aliphatic carbocycles. The number of ether oxygens (including phenoxy) is 1. The van der Waals surface area contributed by atoms with Crippen LogP contribution >= 0.6 is 0 Å². The van der Waals surface area contributed by atoms with Gasteiger partial charge in [-0.1, -0.05) is 17.7 Å². The minimum atomic E-state index is -0.474. The van der Waals surface area contributed by atoms with Gasteiger partial charge in [-0.2, -0.15) is 0 Å². The minimum absolute atomic E-state index is 0.132. The monoisotopic (exact) mass is 305 g/mol. The number of aliphatic hydroxyl groups excluding tert-OH is 1. The molecule has 0 saturated carbocycles. The zero-order chi connectivity index (χ0) is 16.4. The molecule has 1 aromatic carbocycles. The second-order valence-electron chi connectivity index (χ2n) is 7.87. The lowest BCUT2D eigenvalue weighted by molar-refractivity contribution is -0.0606. The van der Waals surface area contributed by atoms with Crippen molar-refractivity contribution in [3.8, 4) is 5.75 Å². The van der Waals surface area contributed by atoms with Gasteiger partial charge in [0.1, 0.15) is 18.5 Å². The fourth-order valence-electron chi connectivity index (χ4n) is 3.63. The highest BCUT2D eigenvalue weighted by Crippen LogP contribution is 2.38. The lowest BCUT2D eigenvalue weighted by Crippen LogP contribution is -2.60. The highest BCUT2D eigenvalue weighted by Gasteiger charge is 2.41. The zero-order valence-corrected chi connectivity index (χ0v) is 14.7. The van der Waals surface area contributed by atoms with Crippen LogP contribution in [0.3, 0.4) is 0 Å². The molecule has 1 N–H and O–H groups in total. The van der Waals surface area contributed by atoms with E-state index in [-0.39, 0.29) is 11.1 Å². The molecule has 1 aliphatic heterocycles. The molecule has 0 amide bonds. The van der Waals surface area contributed by atoms with Crippen LogP contribution in [0.5, 0.6) is 5.75 Å². The molecule has 0 bridgehead atoms. The lowest BCUT2D eigenvalue weighted by Gasteiger charge is -2.53. The predicted molar refractivity (Wildman–Crippen MR) is 91.4 cm³/mol. The molecule has 3 nitrogen and oxygen atoms in total. The van der Waals surface area contributed by atoms with Gasteiger partial charge in [0.15, 0.2) is 0 Å². The molecule has 0 radical (unpaired) electrons. The molecule has 0 unspecified atom stereocenters. The number of likely N-dealkylation sites (tertiary alicyclic amines) is 1. The Kier molecular flexibility index (Phi) is 5.18. The smallest absolute Gasteiger partial charge is 0.119 e. The molecule has 0 spiro atoms. The quantitative estimate of drug-likeness (QED) is 0.898. The average molecular weight is 305 g/mol. The fourth-order valence-corrected chi connectivity index (χ4v) is 3.63. The molecule has 1 heterocycles. The van der Waals surface area contributed by atoms with Crippen molar-refractivity contribution in [2.75, 3.05) is 13.2 Å². The summed E-state index contributed by atoms with van der Waals surface area (Å²) in [5.41, 5.74) is 1.48. The van der Waals surface area contributed by atoms with Crippen molar-refractivity contribution in [3.05, 3.63) is 29.8 Å². The fraction of sp³-hybridized carbons (Fsp3) is 0.684. The van der Waals surface area contributed by atoms with Crippen molar-refractivity contribution in [3.63, 3.8) is 0 Å². The Bertz CT molecular complexity index is 463. The van der Waals surface area contributed by atoms with Crippen LogP contribution in [-0.4, -0.2) is 40.3 Å². The molecule has 1 atom stereocenters. The third-order valence-electron chi connectivity index (χ3n) is 4.90. The Balaban J connectivity index is 1.92. The second kappa shape index (κ2) is 6.59. The molecule has 3 heteroatoms. The summed E-state index contributed by atoms with van der Waals surface area (Å²) in [4.78, 5) is 2.45. The van der Waals surface area contributed by atoms with Gasteiger partial charge in [-0.15, -0.1) is 0 Å². The zero-order valence-electron chi connectivity index (χ0n) is 14.7. The molecule has 22 heavy (non-hydrogen) atoms. The molecular formula is C19H31NO2. The maximum absolute atomic E-state index is 10.4. The molecule has 0 aromatic heterocycles. The van der Waals surface area contributed by atoms with Crippen molar-refractivity contribution in [1.29, 1.82) is 0 Å². The van der Waals surface area contributed by atoms with Crippen molar-refractivity contribution >= 4 is 0 Å². The Morgan fingerprint density at radius 1 is 1.09 bits per heavy atom. The topological polar surface area (TPSA) is 32.7 Å². The van der Waals surface area contributed by atoms with Gasteiger partial charge in [-0.25, -0.2) is 0 Å². The van der Waals surface area contributed by atoms with Crippen LogP contribution in [0.25, 0.3) is 0 Å². The van der Waals surface area contributed by atoms with Gasteiger partial charge in [0.25, 0.3) is 0 Å². The number of β-amino-alcohol motifs (C(OH)–C–C–N with tert-alkyl or cyclic N) is 1. The average Bonchev–Trinajstić information content (AvgIpc) is 2.42. The Morgan fingerprint density at radius 3 is 2.18 bits per heavy atom. The molecular weight excluding hydrogens is 274 g/mol. The van der Waals surface area contributed by atoms with Crippen LogP contribution in [0.15, 0.2) is 24.3 Å². The highest BCUT2D eigenvalue weighted by molar-refractivity contribution is 5.26. The summed E-state index contributed by atoms with van der Waals surface area (Å²) < 4.78 is 5.72. The highest BCUT2D eigenvalue weighted by atomic mass is 16.5. The van der Waals surface area contributed by atoms with E-state index < -0.39 is 6.10 Å². The van der Waals surface area contributed by atoms with E-state index in [1.54, 1.807) is 0 Å². The number of piperidine rings is 1. The van der Waals surface area contributed by atoms with Gasteiger partial charge < -0.3 is 9.84 Å². The van der Waals surface area contributed by atoms with E-state index >= 15 is 0 Å². The third kappa shape index (κ3) is 4.23. The first-order chi connectivity index (χ1) is 10.2. The van der Waals surface area contributed by atoms with Gasteiger partial charge in [-0.05, 0) is 66.0 Å². The van der Waals surface area contributed by atoms with Crippen molar-refractivity contribution in [2.24, 2.45) is 0 Å². The minimum Gasteiger partial charge on any atom is -0.491 e. The van der Waals surface area contributed by atoms with E-state index in [4.69, 9.17) is 4.74 Å². The number of aliphatic hydroxyl groups is 1. The van der Waals surface area contributed by atoms with Gasteiger partial charge in [0, 0.05) is 17.6 Å². The maximum atomic E-state index is 10.4. The number of nitrogens with zero attached hydrogens (tertiary/aromatic N) is 1. The molecule has 1 fully saturated rings. The Labute approximate surface area is 135 Å². The van der Waals surface area contributed by atoms with Crippen LogP contribution in [0.1, 0.15) is 52.5 Å². The van der Waals surface area contributed by atoms with Gasteiger partial charge >= 0.3 is 0 Å². The molecule has 1 aromatic rings. The van der Waals surface area contributed by atoms with E-state index in [9.17, 15) is 5.11 Å². The first kappa shape index (κ1) is 17.3. The first-order valence-electron chi connectivity index (χ1n) is 8.36. The Hall–Kier alpha value is -1.06. The van der Waals surface area contributed by atoms with Crippen LogP contribution in [-0.2, 0) is 0 Å². The standard InChI is InChI=1S/C19H31NO2/c1-15-7-9-17(10-8-15)22-14-16(21)13-20-18(2,3)11-6-12-19(20,4)5/h7-10,16,21H,6,11-14H2,1-5H3/t16-/m1/s1. The lowest BCUT2D eigenvalue weighted by atomic mass is 9.79. The summed E-state index contributed by atoms with van der Waals surface area (Å²) in [6, 6.07) is 7.96. The van der Waals surface area contributed by atoms with E-state index in [0.29, 0.717) is 13.2 Å². The van der Waals surface area contributed by atoms with Crippen LogP contribution in [0, 0.1) is 6.92 Å². The number of hydrogen-bond acceptors (Lipinski definition) is 3. The van der Waals surface area contributed by atoms with E-state index in [1.165, 1.54) is 24.8 Å². The third-order valence-corrected chi connectivity index (χ3v) is 4.90. The van der Waals surface area contributed by atoms with Crippen molar-refractivity contribution in [2.45, 2.75) is 71.1 Å². The van der Waals surface area contributed by atoms with Crippen LogP contribution < -0.4 is 4.74 Å². The van der Waals surface area contributed by atoms with Crippen molar-refractivity contribution in [1.82, 2.24) is 4.90 Å². The molecule has 1 aliphatic rings. The van der Waals surface area contributed by atoms with Crippen LogP contribution in [0.4, 0.5) is 0 Å². The molecule has 124 valence electrons. The van der Waals surface area contributed by atoms with Crippen molar-refractivity contribution < 1.29 is 9.84 Å². The number of rotatable bonds is 5. The summed E-state index contributed by atoms with van der Waals surface area (Å²) in [6.07, 6.45) is 3.15. The van der Waals surface area contributed by atoms with E-state index in [0.717, 1.165) is 5.75 Å². The van der Waals surface area contributed by atoms with E-state index in [2.05, 4.69) is 39.5 Å². The summed E-state index contributed by atoms with van der Waals surface area (Å²) in [7, 11) is 0. The molecule has 2 rings (SSSR count). The summed E-state index contributed by atoms with van der Waals surface area (Å²) in [5.74, 6) is 0.821. The van der Waals surface area contributed by atoms with Crippen LogP contribution in [0.2, 0.25) is 0 Å². The first-order valence-corrected chi connectivity index (χ1v) is 8.36. The normalized spacial score (nSPS) is 22.3. The number of aryl methyl sites for hydroxylation is 1. The number of hydrogen-bond donors (Lipinski definition) is 1. The SMILES string of the molecule is Cc1ccc(OC[C@H](O)CN2C(C)(C)CCCC2(C)C)cc1. The second-order valence-corrected chi connectivity index (χ2v) is 7.87. The summed E-state index contributed by atoms with van der Waals surface area (Å²) in [5, 5.41) is 10.4. The molecule has 1 saturated heterocycles. The van der Waals surface area contributed by atoms with Gasteiger partial charge in [0.05, 0.1) is 0 Å².